The summed E-state index contributed by atoms with van der Waals surface area (Å²) >= 11 is 0. The maximum Gasteiger partial charge on any atom is 0.416 e. The molecule has 2 aliphatic rings. The van der Waals surface area contributed by atoms with E-state index >= 15 is 0 Å². The fourth-order valence-corrected chi connectivity index (χ4v) is 4.57. The third kappa shape index (κ3) is 4.93. The minimum absolute atomic E-state index is 0.0294. The van der Waals surface area contributed by atoms with Crippen LogP contribution in [-0.4, -0.2) is 57.9 Å². The van der Waals surface area contributed by atoms with Crippen molar-refractivity contribution in [3.63, 3.8) is 0 Å². The molecule has 1 amide bonds. The van der Waals surface area contributed by atoms with Crippen LogP contribution >= 0.6 is 0 Å². The minimum Gasteiger partial charge on any atom is -0.486 e. The number of rotatable bonds is 4. The highest BCUT2D eigenvalue weighted by molar-refractivity contribution is 5.95. The Bertz CT molecular complexity index is 1230. The van der Waals surface area contributed by atoms with Crippen LogP contribution in [-0.2, 0) is 23.9 Å². The van der Waals surface area contributed by atoms with Crippen LogP contribution in [0.1, 0.15) is 38.8 Å². The second-order valence-electron chi connectivity index (χ2n) is 8.77. The molecule has 1 N–H and O–H groups in total. The number of hydrogen-bond donors (Lipinski definition) is 1. The largest absolute Gasteiger partial charge is 0.486 e. The topological polar surface area (TPSA) is 78.5 Å². The molecule has 7 nitrogen and oxygen atoms in total. The van der Waals surface area contributed by atoms with E-state index in [1.807, 2.05) is 6.07 Å². The molecule has 0 saturated carbocycles. The number of benzene rings is 2. The predicted molar refractivity (Wildman–Crippen MR) is 120 cm³/mol. The van der Waals surface area contributed by atoms with E-state index < -0.39 is 11.7 Å². The minimum atomic E-state index is -4.38. The molecule has 1 fully saturated rings. The molecule has 2 aromatic carbocycles. The highest BCUT2D eigenvalue weighted by Gasteiger charge is 2.33. The Balaban J connectivity index is 1.33. The van der Waals surface area contributed by atoms with Gasteiger partial charge in [0.25, 0.3) is 5.91 Å². The Hall–Kier alpha value is -3.66. The normalized spacial score (nSPS) is 18.8. The number of ketones is 1. The first kappa shape index (κ1) is 23.1. The molecular weight excluding hydrogens is 461 g/mol. The Morgan fingerprint density at radius 2 is 1.91 bits per heavy atom. The second-order valence-corrected chi connectivity index (χ2v) is 8.77. The van der Waals surface area contributed by atoms with Gasteiger partial charge in [-0.1, -0.05) is 12.1 Å². The van der Waals surface area contributed by atoms with Crippen LogP contribution in [0, 0.1) is 0 Å². The number of hydrogen-bond acceptors (Lipinski definition) is 5. The second kappa shape index (κ2) is 9.18. The van der Waals surface area contributed by atoms with Crippen molar-refractivity contribution in [2.75, 3.05) is 26.2 Å². The molecule has 1 atom stereocenters. The van der Waals surface area contributed by atoms with E-state index in [2.05, 4.69) is 15.1 Å². The summed E-state index contributed by atoms with van der Waals surface area (Å²) in [7, 11) is 0. The summed E-state index contributed by atoms with van der Waals surface area (Å²) in [5.74, 6) is 0.445. The molecule has 35 heavy (non-hydrogen) atoms. The molecule has 3 heterocycles. The summed E-state index contributed by atoms with van der Waals surface area (Å²) in [5.41, 5.74) is 2.08. The standard InChI is InChI=1S/C25H23F3N4O3/c26-25(27,28)19-4-1-16(2-5-19)13-31-9-10-32(14-22(31)21-7-8-29-30-21)24(34)17-3-6-23-18(11-17)12-20(33)15-35-23/h1-8,11,22H,9-10,12-15H2,(H,29,30). The Morgan fingerprint density at radius 3 is 2.63 bits per heavy atom. The number of alkyl halides is 3. The predicted octanol–water partition coefficient (Wildman–Crippen LogP) is 3.63. The van der Waals surface area contributed by atoms with Crippen molar-refractivity contribution in [3.05, 3.63) is 82.7 Å². The van der Waals surface area contributed by atoms with Gasteiger partial charge in [-0.2, -0.15) is 18.3 Å². The third-order valence-corrected chi connectivity index (χ3v) is 6.41. The van der Waals surface area contributed by atoms with E-state index in [4.69, 9.17) is 4.74 Å². The lowest BCUT2D eigenvalue weighted by molar-refractivity contribution is -0.137. The Morgan fingerprint density at radius 1 is 1.11 bits per heavy atom. The zero-order valence-electron chi connectivity index (χ0n) is 18.7. The van der Waals surface area contributed by atoms with Gasteiger partial charge >= 0.3 is 6.18 Å². The van der Waals surface area contributed by atoms with E-state index in [0.717, 1.165) is 23.4 Å². The number of carbonyl (C=O) groups is 2. The number of Topliss-reactive ketones (excluding diaryl/α,β-unsaturated/α-hetero) is 1. The number of nitrogens with zero attached hydrogens (tertiary/aromatic N) is 3. The van der Waals surface area contributed by atoms with E-state index in [0.29, 0.717) is 43.1 Å². The molecule has 1 aromatic heterocycles. The van der Waals surface area contributed by atoms with Gasteiger partial charge in [0.2, 0.25) is 0 Å². The van der Waals surface area contributed by atoms with Gasteiger partial charge in [0.05, 0.1) is 17.3 Å². The zero-order valence-corrected chi connectivity index (χ0v) is 18.7. The van der Waals surface area contributed by atoms with Crippen LogP contribution in [0.15, 0.2) is 54.7 Å². The van der Waals surface area contributed by atoms with Crippen molar-refractivity contribution in [3.8, 4) is 5.75 Å². The third-order valence-electron chi connectivity index (χ3n) is 6.41. The van der Waals surface area contributed by atoms with E-state index in [1.165, 1.54) is 12.1 Å². The van der Waals surface area contributed by atoms with Gasteiger partial charge in [0.15, 0.2) is 5.78 Å². The number of amides is 1. The van der Waals surface area contributed by atoms with Crippen LogP contribution in [0.25, 0.3) is 0 Å². The first-order valence-corrected chi connectivity index (χ1v) is 11.2. The summed E-state index contributed by atoms with van der Waals surface area (Å²) in [5, 5.41) is 7.00. The lowest BCUT2D eigenvalue weighted by Crippen LogP contribution is -2.50. The van der Waals surface area contributed by atoms with Crippen molar-refractivity contribution < 1.29 is 27.5 Å². The van der Waals surface area contributed by atoms with Crippen molar-refractivity contribution in [2.24, 2.45) is 0 Å². The molecular formula is C25H23F3N4O3. The molecule has 0 spiro atoms. The number of ether oxygens (including phenoxy) is 1. The maximum atomic E-state index is 13.3. The Labute approximate surface area is 199 Å². The van der Waals surface area contributed by atoms with E-state index in [9.17, 15) is 22.8 Å². The number of carbonyl (C=O) groups excluding carboxylic acids is 2. The first-order chi connectivity index (χ1) is 16.8. The molecule has 0 bridgehead atoms. The van der Waals surface area contributed by atoms with Crippen LogP contribution in [0.4, 0.5) is 13.2 Å². The first-order valence-electron chi connectivity index (χ1n) is 11.2. The van der Waals surface area contributed by atoms with Gasteiger partial charge in [-0.3, -0.25) is 19.6 Å². The fraction of sp³-hybridized carbons (Fsp3) is 0.320. The van der Waals surface area contributed by atoms with Gasteiger partial charge < -0.3 is 9.64 Å². The van der Waals surface area contributed by atoms with Gasteiger partial charge in [-0.05, 0) is 42.0 Å². The van der Waals surface area contributed by atoms with Crippen LogP contribution < -0.4 is 4.74 Å². The number of halogens is 3. The number of H-pyrrole nitrogens is 1. The van der Waals surface area contributed by atoms with Gasteiger partial charge in [-0.15, -0.1) is 0 Å². The number of nitrogens with one attached hydrogen (secondary N) is 1. The molecule has 1 unspecified atom stereocenters. The van der Waals surface area contributed by atoms with Crippen LogP contribution in [0.2, 0.25) is 0 Å². The Kier molecular flexibility index (Phi) is 6.06. The lowest BCUT2D eigenvalue weighted by atomic mass is 10.0. The highest BCUT2D eigenvalue weighted by Crippen LogP contribution is 2.31. The molecule has 1 saturated heterocycles. The molecule has 5 rings (SSSR count). The molecule has 3 aromatic rings. The summed E-state index contributed by atoms with van der Waals surface area (Å²) in [6.07, 6.45) is -2.50. The van der Waals surface area contributed by atoms with Crippen molar-refractivity contribution >= 4 is 11.7 Å². The summed E-state index contributed by atoms with van der Waals surface area (Å²) in [4.78, 5) is 28.9. The van der Waals surface area contributed by atoms with Gasteiger partial charge in [-0.25, -0.2) is 0 Å². The molecule has 0 radical (unpaired) electrons. The molecule has 10 heteroatoms. The number of piperazine rings is 1. The molecule has 0 aliphatic carbocycles. The molecule has 182 valence electrons. The maximum absolute atomic E-state index is 13.3. The molecule has 2 aliphatic heterocycles. The lowest BCUT2D eigenvalue weighted by Gasteiger charge is -2.41. The average Bonchev–Trinajstić information content (AvgIpc) is 3.38. The number of fused-ring (bicyclic) bond motifs is 1. The number of aromatic amines is 1. The zero-order chi connectivity index (χ0) is 24.6. The fourth-order valence-electron chi connectivity index (χ4n) is 4.57. The van der Waals surface area contributed by atoms with E-state index in [-0.39, 0.29) is 30.8 Å². The van der Waals surface area contributed by atoms with Crippen molar-refractivity contribution in [1.29, 1.82) is 0 Å². The number of aromatic nitrogens is 2. The smallest absolute Gasteiger partial charge is 0.416 e. The quantitative estimate of drug-likeness (QED) is 0.612. The van der Waals surface area contributed by atoms with Gasteiger partial charge in [0.1, 0.15) is 12.4 Å². The summed E-state index contributed by atoms with van der Waals surface area (Å²) < 4.78 is 44.2. The van der Waals surface area contributed by atoms with Crippen LogP contribution in [0.3, 0.4) is 0 Å². The summed E-state index contributed by atoms with van der Waals surface area (Å²) in [6, 6.07) is 11.9. The van der Waals surface area contributed by atoms with Crippen molar-refractivity contribution in [1.82, 2.24) is 20.0 Å². The monoisotopic (exact) mass is 484 g/mol. The van der Waals surface area contributed by atoms with Crippen molar-refractivity contribution in [2.45, 2.75) is 25.2 Å². The van der Waals surface area contributed by atoms with Crippen LogP contribution in [0.5, 0.6) is 5.75 Å². The van der Waals surface area contributed by atoms with E-state index in [1.54, 1.807) is 29.3 Å². The average molecular weight is 484 g/mol. The SMILES string of the molecule is O=C1COc2ccc(C(=O)N3CCN(Cc4ccc(C(F)(F)F)cc4)C(c4ccn[nH]4)C3)cc2C1. The van der Waals surface area contributed by atoms with Gasteiger partial charge in [0, 0.05) is 49.9 Å². The summed E-state index contributed by atoms with van der Waals surface area (Å²) in [6.45, 7) is 1.85. The highest BCUT2D eigenvalue weighted by atomic mass is 19.4.